The highest BCUT2D eigenvalue weighted by Crippen LogP contribution is 2.57. The maximum absolute atomic E-state index is 14.2. The number of halogens is 2. The molecule has 1 fully saturated rings. The Kier molecular flexibility index (Phi) is 10.0. The van der Waals surface area contributed by atoms with E-state index >= 15 is 0 Å². The van der Waals surface area contributed by atoms with Crippen LogP contribution < -0.4 is 20.5 Å². The number of thiazole rings is 1. The number of nitrogens with one attached hydrogen (secondary N) is 1. The number of nitrogens with two attached hydrogens (primary N) is 1. The molecule has 0 aliphatic carbocycles. The van der Waals surface area contributed by atoms with Crippen LogP contribution >= 0.6 is 55.0 Å². The van der Waals surface area contributed by atoms with Crippen molar-refractivity contribution in [3.8, 4) is 11.5 Å². The zero-order chi connectivity index (χ0) is 42.1. The van der Waals surface area contributed by atoms with Gasteiger partial charge in [0, 0.05) is 22.3 Å². The number of carbonyl (C=O) groups is 6. The molecule has 59 heavy (non-hydrogen) atoms. The van der Waals surface area contributed by atoms with E-state index in [0.717, 1.165) is 32.9 Å². The number of carboxylic acid groups (broad SMARTS) is 2. The number of aromatic nitrogens is 1. The molecular formula is C38H28Br2N6O11S2. The van der Waals surface area contributed by atoms with Gasteiger partial charge in [-0.3, -0.25) is 29.0 Å². The number of benzene rings is 3. The minimum atomic E-state index is -1.84. The summed E-state index contributed by atoms with van der Waals surface area (Å²) in [5.74, 6) is -7.30. The van der Waals surface area contributed by atoms with E-state index in [1.54, 1.807) is 0 Å². The molecule has 0 spiro atoms. The predicted octanol–water partition coefficient (Wildman–Crippen LogP) is 4.54. The van der Waals surface area contributed by atoms with Crippen molar-refractivity contribution < 1.29 is 53.3 Å². The van der Waals surface area contributed by atoms with Crippen LogP contribution in [0, 0.1) is 0 Å². The van der Waals surface area contributed by atoms with Crippen LogP contribution in [-0.4, -0.2) is 95.6 Å². The molecule has 4 aromatic rings. The van der Waals surface area contributed by atoms with E-state index in [9.17, 15) is 39.0 Å². The van der Waals surface area contributed by atoms with Crippen LogP contribution in [0.1, 0.15) is 51.4 Å². The van der Waals surface area contributed by atoms with Crippen LogP contribution in [0.25, 0.3) is 0 Å². The van der Waals surface area contributed by atoms with Crippen LogP contribution in [0.3, 0.4) is 0 Å². The van der Waals surface area contributed by atoms with Crippen LogP contribution in [-0.2, 0) is 29.8 Å². The molecule has 4 aliphatic heterocycles. The first-order valence-corrected chi connectivity index (χ1v) is 20.9. The first-order chi connectivity index (χ1) is 28.1. The zero-order valence-corrected chi connectivity index (χ0v) is 35.2. The van der Waals surface area contributed by atoms with E-state index in [2.05, 4.69) is 47.3 Å². The molecule has 0 bridgehead atoms. The van der Waals surface area contributed by atoms with Crippen molar-refractivity contribution in [3.05, 3.63) is 114 Å². The second-order valence-corrected chi connectivity index (χ2v) is 17.4. The van der Waals surface area contributed by atoms with Gasteiger partial charge in [-0.1, -0.05) is 65.8 Å². The van der Waals surface area contributed by atoms with Crippen LogP contribution in [0.15, 0.2) is 91.4 Å². The second-order valence-electron chi connectivity index (χ2n) is 13.8. The quantitative estimate of drug-likeness (QED) is 0.0699. The third-order valence-electron chi connectivity index (χ3n) is 9.76. The van der Waals surface area contributed by atoms with Crippen LogP contribution in [0.2, 0.25) is 0 Å². The molecule has 4 amide bonds. The molecular weight excluding hydrogens is 940 g/mol. The molecule has 3 aromatic carbocycles. The molecule has 2 atom stereocenters. The number of rotatable bonds is 11. The number of amides is 4. The van der Waals surface area contributed by atoms with Gasteiger partial charge in [0.2, 0.25) is 5.60 Å². The number of carboxylic acids is 2. The predicted molar refractivity (Wildman–Crippen MR) is 218 cm³/mol. The Hall–Kier alpha value is -5.77. The maximum Gasteiger partial charge on any atom is 0.352 e. The van der Waals surface area contributed by atoms with E-state index in [1.165, 1.54) is 19.2 Å². The van der Waals surface area contributed by atoms with Gasteiger partial charge in [-0.25, -0.2) is 14.6 Å². The van der Waals surface area contributed by atoms with Crippen molar-refractivity contribution in [3.63, 3.8) is 0 Å². The molecule has 0 saturated carbocycles. The van der Waals surface area contributed by atoms with Gasteiger partial charge in [0.15, 0.2) is 22.3 Å². The number of aliphatic carboxylic acids is 2. The monoisotopic (exact) mass is 966 g/mol. The van der Waals surface area contributed by atoms with E-state index in [1.807, 2.05) is 60.7 Å². The lowest BCUT2D eigenvalue weighted by Crippen LogP contribution is -2.71. The van der Waals surface area contributed by atoms with Crippen molar-refractivity contribution in [1.82, 2.24) is 20.1 Å². The standard InChI is InChI=1S/C38H28Br2N6O11S2/c1-37(2,35(53)54)57-44-24(19-15-59-36(41)42-19)29(47)43-25-32(50)46-26(34(51)52)16(14-58-33(25)46)13-45-30(48)20-21(31(45)49)23(40)28-27(22(20)39)55-38(56-28,17-9-5-3-6-10-17)18-11-7-4-8-12-18/h3-12,15,25,33H,13-14H2,1-2H3,(H2,41,42)(H,43,47)(H,51,52)(H,53,54)/b44-24-/t25?,33-/m0/s1. The molecule has 4 aliphatic rings. The summed E-state index contributed by atoms with van der Waals surface area (Å²) in [7, 11) is 0. The largest absolute Gasteiger partial charge is 0.478 e. The molecule has 5 N–H and O–H groups in total. The molecule has 17 nitrogen and oxygen atoms in total. The molecule has 302 valence electrons. The summed E-state index contributed by atoms with van der Waals surface area (Å²) in [4.78, 5) is 90.8. The SMILES string of the molecule is CC(C)(O/N=C(\C(=O)NC1C(=O)N2C(C(=O)O)=C(CN3C(=O)c4c(Br)c5c(c(Br)c4C3=O)OC(c3ccccc3)(c3ccccc3)O5)CS[C@@H]12)c1csc(N)n1)C(=O)O. The van der Waals surface area contributed by atoms with Gasteiger partial charge >= 0.3 is 17.7 Å². The van der Waals surface area contributed by atoms with E-state index in [-0.39, 0.29) is 53.7 Å². The van der Waals surface area contributed by atoms with Crippen molar-refractivity contribution in [2.24, 2.45) is 5.16 Å². The highest BCUT2D eigenvalue weighted by atomic mass is 79.9. The minimum absolute atomic E-state index is 0.0298. The van der Waals surface area contributed by atoms with Gasteiger partial charge in [-0.05, 0) is 51.3 Å². The molecule has 5 heterocycles. The van der Waals surface area contributed by atoms with Gasteiger partial charge in [-0.2, -0.15) is 0 Å². The van der Waals surface area contributed by atoms with Gasteiger partial charge < -0.3 is 35.6 Å². The molecule has 1 unspecified atom stereocenters. The first kappa shape index (κ1) is 40.0. The van der Waals surface area contributed by atoms with Crippen molar-refractivity contribution in [1.29, 1.82) is 0 Å². The number of carbonyl (C=O) groups excluding carboxylic acids is 4. The fourth-order valence-electron chi connectivity index (χ4n) is 6.77. The van der Waals surface area contributed by atoms with E-state index < -0.39 is 76.3 Å². The molecule has 1 aromatic heterocycles. The van der Waals surface area contributed by atoms with Crippen molar-refractivity contribution in [2.45, 2.75) is 36.7 Å². The number of nitrogen functional groups attached to an aromatic ring is 1. The minimum Gasteiger partial charge on any atom is -0.478 e. The lowest BCUT2D eigenvalue weighted by molar-refractivity contribution is -0.161. The number of fused-ring (bicyclic) bond motifs is 3. The van der Waals surface area contributed by atoms with Crippen LogP contribution in [0.5, 0.6) is 11.5 Å². The van der Waals surface area contributed by atoms with E-state index in [4.69, 9.17) is 20.0 Å². The Balaban J connectivity index is 1.05. The number of anilines is 1. The average molecular weight is 969 g/mol. The number of nitrogens with zero attached hydrogens (tertiary/aromatic N) is 4. The summed E-state index contributed by atoms with van der Waals surface area (Å²) in [6, 6.07) is 17.1. The van der Waals surface area contributed by atoms with Gasteiger partial charge in [-0.15, -0.1) is 23.1 Å². The topological polar surface area (TPSA) is 240 Å². The molecule has 0 radical (unpaired) electrons. The number of oxime groups is 1. The fourth-order valence-corrected chi connectivity index (χ4v) is 9.91. The summed E-state index contributed by atoms with van der Waals surface area (Å²) in [6.07, 6.45) is 0. The maximum atomic E-state index is 14.2. The summed E-state index contributed by atoms with van der Waals surface area (Å²) in [5, 5.41) is 26.6. The summed E-state index contributed by atoms with van der Waals surface area (Å²) in [6.45, 7) is 1.95. The Labute approximate surface area is 358 Å². The number of β-lactam (4-membered cyclic amide) rings is 1. The van der Waals surface area contributed by atoms with Gasteiger partial charge in [0.25, 0.3) is 23.6 Å². The van der Waals surface area contributed by atoms with Crippen molar-refractivity contribution in [2.75, 3.05) is 18.0 Å². The highest BCUT2D eigenvalue weighted by Gasteiger charge is 2.56. The van der Waals surface area contributed by atoms with Gasteiger partial charge in [0.05, 0.1) is 26.6 Å². The fraction of sp³-hybridized carbons (Fsp3) is 0.211. The molecule has 21 heteroatoms. The average Bonchev–Trinajstić information content (AvgIpc) is 3.91. The Morgan fingerprint density at radius 1 is 0.983 bits per heavy atom. The van der Waals surface area contributed by atoms with E-state index in [0.29, 0.717) is 11.1 Å². The normalized spacial score (nSPS) is 19.3. The number of imide groups is 1. The smallest absolute Gasteiger partial charge is 0.352 e. The first-order valence-electron chi connectivity index (χ1n) is 17.4. The lowest BCUT2D eigenvalue weighted by atomic mass is 9.97. The summed E-state index contributed by atoms with van der Waals surface area (Å²) in [5.41, 5.74) is 4.27. The summed E-state index contributed by atoms with van der Waals surface area (Å²) < 4.78 is 13.5. The third kappa shape index (κ3) is 6.51. The Morgan fingerprint density at radius 2 is 1.54 bits per heavy atom. The summed E-state index contributed by atoms with van der Waals surface area (Å²) >= 11 is 9.09. The number of thioether (sulfide) groups is 1. The highest BCUT2D eigenvalue weighted by molar-refractivity contribution is 9.11. The number of hydrogen-bond donors (Lipinski definition) is 4. The molecule has 8 rings (SSSR count). The lowest BCUT2D eigenvalue weighted by Gasteiger charge is -2.49. The Bertz CT molecular complexity index is 2490. The second kappa shape index (κ2) is 14.8. The zero-order valence-electron chi connectivity index (χ0n) is 30.4. The molecule has 1 saturated heterocycles. The number of ether oxygens (including phenoxy) is 2. The Morgan fingerprint density at radius 3 is 2.03 bits per heavy atom. The van der Waals surface area contributed by atoms with Crippen LogP contribution in [0.4, 0.5) is 5.13 Å². The van der Waals surface area contributed by atoms with Gasteiger partial charge in [0.1, 0.15) is 22.8 Å². The van der Waals surface area contributed by atoms with Crippen molar-refractivity contribution >= 4 is 101 Å². The third-order valence-corrected chi connectivity index (χ3v) is 13.3. The number of hydrogen-bond acceptors (Lipinski definition) is 14.